The van der Waals surface area contributed by atoms with Crippen molar-refractivity contribution < 1.29 is 14.3 Å². The molecule has 3 rings (SSSR count). The first-order valence-corrected chi connectivity index (χ1v) is 9.76. The number of hydrogen-bond acceptors (Lipinski definition) is 3. The van der Waals surface area contributed by atoms with E-state index in [2.05, 4.69) is 0 Å². The zero-order valence-corrected chi connectivity index (χ0v) is 17.3. The number of carbonyl (C=O) groups excluding carboxylic acids is 2. The van der Waals surface area contributed by atoms with Crippen LogP contribution in [0.25, 0.3) is 0 Å². The van der Waals surface area contributed by atoms with Gasteiger partial charge in [0.15, 0.2) is 6.61 Å². The lowest BCUT2D eigenvalue weighted by Crippen LogP contribution is -2.51. The number of ether oxygens (including phenoxy) is 1. The number of carbonyl (C=O) groups is 2. The summed E-state index contributed by atoms with van der Waals surface area (Å²) < 4.78 is 5.66. The summed E-state index contributed by atoms with van der Waals surface area (Å²) in [5, 5.41) is 0.716. The van der Waals surface area contributed by atoms with Crippen LogP contribution in [-0.4, -0.2) is 54.4 Å². The summed E-state index contributed by atoms with van der Waals surface area (Å²) in [5.74, 6) is 0.577. The Morgan fingerprint density at radius 3 is 2.18 bits per heavy atom. The van der Waals surface area contributed by atoms with Crippen LogP contribution in [0, 0.1) is 20.8 Å². The van der Waals surface area contributed by atoms with Crippen LogP contribution < -0.4 is 4.74 Å². The van der Waals surface area contributed by atoms with Crippen LogP contribution in [0.2, 0.25) is 5.02 Å². The average Bonchev–Trinajstić information content (AvgIpc) is 2.69. The van der Waals surface area contributed by atoms with Gasteiger partial charge >= 0.3 is 0 Å². The number of amides is 2. The van der Waals surface area contributed by atoms with Gasteiger partial charge in [0.25, 0.3) is 11.8 Å². The van der Waals surface area contributed by atoms with Crippen LogP contribution >= 0.6 is 11.6 Å². The van der Waals surface area contributed by atoms with Crippen molar-refractivity contribution in [2.45, 2.75) is 20.8 Å². The highest BCUT2D eigenvalue weighted by Gasteiger charge is 2.25. The van der Waals surface area contributed by atoms with Crippen molar-refractivity contribution in [1.82, 2.24) is 9.80 Å². The molecule has 1 fully saturated rings. The lowest BCUT2D eigenvalue weighted by Gasteiger charge is -2.34. The maximum Gasteiger partial charge on any atom is 0.260 e. The van der Waals surface area contributed by atoms with Crippen LogP contribution in [0.5, 0.6) is 5.75 Å². The third-order valence-corrected chi connectivity index (χ3v) is 5.55. The summed E-state index contributed by atoms with van der Waals surface area (Å²) in [4.78, 5) is 28.6. The Bertz CT molecular complexity index is 866. The fourth-order valence-electron chi connectivity index (χ4n) is 3.35. The van der Waals surface area contributed by atoms with Gasteiger partial charge in [-0.2, -0.15) is 0 Å². The van der Waals surface area contributed by atoms with Crippen molar-refractivity contribution in [3.05, 3.63) is 63.7 Å². The Morgan fingerprint density at radius 2 is 1.57 bits per heavy atom. The monoisotopic (exact) mass is 400 g/mol. The molecule has 1 aliphatic heterocycles. The van der Waals surface area contributed by atoms with E-state index in [1.165, 1.54) is 0 Å². The lowest BCUT2D eigenvalue weighted by molar-refractivity contribution is -0.134. The van der Waals surface area contributed by atoms with Crippen molar-refractivity contribution in [2.75, 3.05) is 32.8 Å². The standard InChI is InChI=1S/C22H25ClN2O3/c1-15-5-4-6-18(11-15)22(27)25-9-7-24(8-10-25)20(26)14-28-19-12-16(2)21(23)17(3)13-19/h4-6,11-13H,7-10,14H2,1-3H3. The third kappa shape index (κ3) is 4.65. The minimum absolute atomic E-state index is 0.0131. The van der Waals surface area contributed by atoms with E-state index in [0.717, 1.165) is 16.7 Å². The Hall–Kier alpha value is -2.53. The Labute approximate surface area is 170 Å². The molecule has 0 saturated carbocycles. The molecule has 1 saturated heterocycles. The molecule has 5 nitrogen and oxygen atoms in total. The molecule has 0 unspecified atom stereocenters. The van der Waals surface area contributed by atoms with Crippen molar-refractivity contribution in [2.24, 2.45) is 0 Å². The second-order valence-electron chi connectivity index (χ2n) is 7.20. The summed E-state index contributed by atoms with van der Waals surface area (Å²) in [6.07, 6.45) is 0. The van der Waals surface area contributed by atoms with Gasteiger partial charge < -0.3 is 14.5 Å². The SMILES string of the molecule is Cc1cccc(C(=O)N2CCN(C(=O)COc3cc(C)c(Cl)c(C)c3)CC2)c1. The molecule has 0 spiro atoms. The van der Waals surface area contributed by atoms with Gasteiger partial charge in [-0.1, -0.05) is 29.3 Å². The first kappa shape index (κ1) is 20.2. The van der Waals surface area contributed by atoms with E-state index in [1.807, 2.05) is 57.2 Å². The van der Waals surface area contributed by atoms with E-state index < -0.39 is 0 Å². The number of hydrogen-bond donors (Lipinski definition) is 0. The third-order valence-electron chi connectivity index (χ3n) is 4.96. The van der Waals surface area contributed by atoms with E-state index >= 15 is 0 Å². The van der Waals surface area contributed by atoms with E-state index in [4.69, 9.17) is 16.3 Å². The summed E-state index contributed by atoms with van der Waals surface area (Å²) in [5.41, 5.74) is 3.60. The molecular weight excluding hydrogens is 376 g/mol. The van der Waals surface area contributed by atoms with E-state index in [1.54, 1.807) is 9.80 Å². The highest BCUT2D eigenvalue weighted by atomic mass is 35.5. The molecular formula is C22H25ClN2O3. The second kappa shape index (κ2) is 8.65. The number of piperazine rings is 1. The molecule has 6 heteroatoms. The van der Waals surface area contributed by atoms with Crippen molar-refractivity contribution in [3.8, 4) is 5.75 Å². The second-order valence-corrected chi connectivity index (χ2v) is 7.58. The lowest BCUT2D eigenvalue weighted by atomic mass is 10.1. The quantitative estimate of drug-likeness (QED) is 0.787. The normalized spacial score (nSPS) is 14.1. The summed E-state index contributed by atoms with van der Waals surface area (Å²) in [6.45, 7) is 7.85. The molecule has 0 aliphatic carbocycles. The number of benzene rings is 2. The number of nitrogens with zero attached hydrogens (tertiary/aromatic N) is 2. The van der Waals surface area contributed by atoms with Crippen LogP contribution in [0.4, 0.5) is 0 Å². The van der Waals surface area contributed by atoms with Gasteiger partial charge in [0.05, 0.1) is 0 Å². The summed E-state index contributed by atoms with van der Waals surface area (Å²) in [6, 6.07) is 11.2. The summed E-state index contributed by atoms with van der Waals surface area (Å²) in [7, 11) is 0. The van der Waals surface area contributed by atoms with Gasteiger partial charge in [0, 0.05) is 36.8 Å². The molecule has 0 N–H and O–H groups in total. The van der Waals surface area contributed by atoms with Crippen molar-refractivity contribution in [1.29, 1.82) is 0 Å². The molecule has 1 aliphatic rings. The zero-order chi connectivity index (χ0) is 20.3. The molecule has 148 valence electrons. The molecule has 1 heterocycles. The average molecular weight is 401 g/mol. The Balaban J connectivity index is 1.52. The largest absolute Gasteiger partial charge is 0.484 e. The maximum atomic E-state index is 12.6. The van der Waals surface area contributed by atoms with Gasteiger partial charge in [-0.3, -0.25) is 9.59 Å². The maximum absolute atomic E-state index is 12.6. The molecule has 28 heavy (non-hydrogen) atoms. The highest BCUT2D eigenvalue weighted by Crippen LogP contribution is 2.25. The molecule has 2 aromatic carbocycles. The van der Waals surface area contributed by atoms with Crippen LogP contribution in [0.15, 0.2) is 36.4 Å². The molecule has 2 aromatic rings. The smallest absolute Gasteiger partial charge is 0.260 e. The van der Waals surface area contributed by atoms with Gasteiger partial charge in [-0.15, -0.1) is 0 Å². The van der Waals surface area contributed by atoms with Crippen LogP contribution in [-0.2, 0) is 4.79 Å². The van der Waals surface area contributed by atoms with E-state index in [0.29, 0.717) is 42.5 Å². The van der Waals surface area contributed by atoms with Gasteiger partial charge in [-0.25, -0.2) is 0 Å². The van der Waals surface area contributed by atoms with Crippen LogP contribution in [0.3, 0.4) is 0 Å². The minimum Gasteiger partial charge on any atom is -0.484 e. The fraction of sp³-hybridized carbons (Fsp3) is 0.364. The topological polar surface area (TPSA) is 49.9 Å². The number of aryl methyl sites for hydroxylation is 3. The predicted molar refractivity (Wildman–Crippen MR) is 110 cm³/mol. The fourth-order valence-corrected chi connectivity index (χ4v) is 3.45. The van der Waals surface area contributed by atoms with Crippen molar-refractivity contribution in [3.63, 3.8) is 0 Å². The molecule has 0 radical (unpaired) electrons. The zero-order valence-electron chi connectivity index (χ0n) is 16.5. The Morgan fingerprint density at radius 1 is 0.964 bits per heavy atom. The molecule has 2 amide bonds. The van der Waals surface area contributed by atoms with E-state index in [9.17, 15) is 9.59 Å². The molecule has 0 atom stereocenters. The Kier molecular flexibility index (Phi) is 6.25. The number of rotatable bonds is 4. The van der Waals surface area contributed by atoms with E-state index in [-0.39, 0.29) is 18.4 Å². The van der Waals surface area contributed by atoms with Gasteiger partial charge in [-0.05, 0) is 56.2 Å². The van der Waals surface area contributed by atoms with Crippen molar-refractivity contribution >= 4 is 23.4 Å². The highest BCUT2D eigenvalue weighted by molar-refractivity contribution is 6.32. The first-order chi connectivity index (χ1) is 13.3. The number of halogens is 1. The van der Waals surface area contributed by atoms with Gasteiger partial charge in [0.1, 0.15) is 5.75 Å². The van der Waals surface area contributed by atoms with Gasteiger partial charge in [0.2, 0.25) is 0 Å². The molecule has 0 aromatic heterocycles. The minimum atomic E-state index is -0.0760. The van der Waals surface area contributed by atoms with Crippen LogP contribution in [0.1, 0.15) is 27.0 Å². The predicted octanol–water partition coefficient (Wildman–Crippen LogP) is 3.63. The molecule has 0 bridgehead atoms. The first-order valence-electron chi connectivity index (χ1n) is 9.38. The summed E-state index contributed by atoms with van der Waals surface area (Å²) >= 11 is 6.16.